The van der Waals surface area contributed by atoms with Crippen LogP contribution in [0.1, 0.15) is 47.1 Å². The summed E-state index contributed by atoms with van der Waals surface area (Å²) in [5, 5.41) is 19.8. The van der Waals surface area contributed by atoms with E-state index in [-0.39, 0.29) is 23.2 Å². The van der Waals surface area contributed by atoms with E-state index in [1.54, 1.807) is 6.07 Å². The summed E-state index contributed by atoms with van der Waals surface area (Å²) < 4.78 is 5.56. The van der Waals surface area contributed by atoms with E-state index in [2.05, 4.69) is 20.8 Å². The minimum Gasteiger partial charge on any atom is -0.504 e. The molecule has 108 valence electrons. The summed E-state index contributed by atoms with van der Waals surface area (Å²) in [4.78, 5) is 0. The monoisotopic (exact) mass is 266 g/mol. The first-order chi connectivity index (χ1) is 8.51. The van der Waals surface area contributed by atoms with Crippen LogP contribution >= 0.6 is 0 Å². The van der Waals surface area contributed by atoms with E-state index in [0.29, 0.717) is 5.75 Å². The molecular formula is C16H26O3. The van der Waals surface area contributed by atoms with Crippen LogP contribution in [0.4, 0.5) is 0 Å². The molecule has 3 heteroatoms. The molecule has 1 rings (SSSR count). The number of hydrogen-bond donors (Lipinski definition) is 2. The molecule has 0 spiro atoms. The Balaban J connectivity index is 2.84. The second-order valence-electron chi connectivity index (χ2n) is 7.13. The minimum absolute atomic E-state index is 0.00550. The molecule has 0 saturated carbocycles. The van der Waals surface area contributed by atoms with Crippen molar-refractivity contribution in [3.05, 3.63) is 23.8 Å². The van der Waals surface area contributed by atoms with Crippen LogP contribution < -0.4 is 4.74 Å². The maximum Gasteiger partial charge on any atom is 0.161 e. The lowest BCUT2D eigenvalue weighted by molar-refractivity contribution is 0.0211. The third-order valence-electron chi connectivity index (χ3n) is 3.22. The summed E-state index contributed by atoms with van der Waals surface area (Å²) in [6, 6.07) is 5.37. The summed E-state index contributed by atoms with van der Waals surface area (Å²) in [5.74, 6) is 0.532. The number of ether oxygens (including phenoxy) is 1. The van der Waals surface area contributed by atoms with Crippen LogP contribution in [0.5, 0.6) is 11.5 Å². The Morgan fingerprint density at radius 1 is 1.11 bits per heavy atom. The summed E-state index contributed by atoms with van der Waals surface area (Å²) in [6.07, 6.45) is -0.579. The number of benzene rings is 1. The number of aliphatic hydroxyl groups is 1. The Bertz CT molecular complexity index is 425. The van der Waals surface area contributed by atoms with Gasteiger partial charge in [-0.3, -0.25) is 0 Å². The average Bonchev–Trinajstić information content (AvgIpc) is 2.24. The van der Waals surface area contributed by atoms with Crippen LogP contribution in [0.3, 0.4) is 0 Å². The van der Waals surface area contributed by atoms with Gasteiger partial charge in [0.1, 0.15) is 6.61 Å². The number of phenols is 1. The van der Waals surface area contributed by atoms with Crippen molar-refractivity contribution in [2.24, 2.45) is 5.41 Å². The molecule has 1 aromatic carbocycles. The van der Waals surface area contributed by atoms with Gasteiger partial charge in [0.25, 0.3) is 0 Å². The van der Waals surface area contributed by atoms with E-state index in [1.165, 1.54) is 0 Å². The molecule has 0 radical (unpaired) electrons. The zero-order chi connectivity index (χ0) is 14.8. The molecule has 0 fully saturated rings. The fourth-order valence-corrected chi connectivity index (χ4v) is 1.51. The lowest BCUT2D eigenvalue weighted by atomic mass is 9.87. The molecule has 0 aliphatic rings. The zero-order valence-electron chi connectivity index (χ0n) is 12.8. The van der Waals surface area contributed by atoms with Crippen LogP contribution in [0.15, 0.2) is 18.2 Å². The molecule has 1 atom stereocenters. The molecule has 19 heavy (non-hydrogen) atoms. The van der Waals surface area contributed by atoms with Gasteiger partial charge < -0.3 is 14.9 Å². The molecular weight excluding hydrogens is 240 g/mol. The molecule has 0 aliphatic heterocycles. The normalized spacial score (nSPS) is 14.3. The van der Waals surface area contributed by atoms with Crippen LogP contribution in [0.2, 0.25) is 0 Å². The maximum absolute atomic E-state index is 9.96. The molecule has 0 bridgehead atoms. The molecule has 0 heterocycles. The predicted molar refractivity (Wildman–Crippen MR) is 77.8 cm³/mol. The molecule has 0 amide bonds. The summed E-state index contributed by atoms with van der Waals surface area (Å²) in [7, 11) is 0. The summed E-state index contributed by atoms with van der Waals surface area (Å²) in [5.41, 5.74) is 0.844. The lowest BCUT2D eigenvalue weighted by Gasteiger charge is -2.26. The van der Waals surface area contributed by atoms with Crippen molar-refractivity contribution in [2.75, 3.05) is 6.61 Å². The second kappa shape index (κ2) is 5.41. The number of aromatic hydroxyl groups is 1. The van der Waals surface area contributed by atoms with Gasteiger partial charge in [0.05, 0.1) is 6.10 Å². The molecule has 0 aromatic heterocycles. The van der Waals surface area contributed by atoms with Crippen LogP contribution in [-0.2, 0) is 5.41 Å². The van der Waals surface area contributed by atoms with Crippen molar-refractivity contribution in [2.45, 2.75) is 53.1 Å². The van der Waals surface area contributed by atoms with Crippen molar-refractivity contribution in [3.8, 4) is 11.5 Å². The molecule has 1 aromatic rings. The molecule has 2 N–H and O–H groups in total. The van der Waals surface area contributed by atoms with E-state index >= 15 is 0 Å². The van der Waals surface area contributed by atoms with E-state index in [9.17, 15) is 10.2 Å². The fraction of sp³-hybridized carbons (Fsp3) is 0.625. The molecule has 3 nitrogen and oxygen atoms in total. The van der Waals surface area contributed by atoms with Crippen LogP contribution in [0, 0.1) is 5.41 Å². The van der Waals surface area contributed by atoms with E-state index in [4.69, 9.17) is 4.74 Å². The van der Waals surface area contributed by atoms with Crippen molar-refractivity contribution >= 4 is 0 Å². The van der Waals surface area contributed by atoms with Gasteiger partial charge in [-0.1, -0.05) is 47.6 Å². The Kier molecular flexibility index (Phi) is 4.51. The van der Waals surface area contributed by atoms with Gasteiger partial charge in [-0.05, 0) is 28.5 Å². The number of rotatable bonds is 3. The molecule has 0 aliphatic carbocycles. The van der Waals surface area contributed by atoms with Gasteiger partial charge in [-0.15, -0.1) is 0 Å². The third kappa shape index (κ3) is 4.43. The predicted octanol–water partition coefficient (Wildman–Crippen LogP) is 3.48. The quantitative estimate of drug-likeness (QED) is 0.880. The van der Waals surface area contributed by atoms with Gasteiger partial charge in [-0.2, -0.15) is 0 Å². The van der Waals surface area contributed by atoms with Crippen molar-refractivity contribution < 1.29 is 14.9 Å². The molecule has 1 unspecified atom stereocenters. The van der Waals surface area contributed by atoms with E-state index < -0.39 is 6.10 Å². The van der Waals surface area contributed by atoms with Crippen LogP contribution in [-0.4, -0.2) is 22.9 Å². The van der Waals surface area contributed by atoms with Gasteiger partial charge in [-0.25, -0.2) is 0 Å². The number of hydrogen-bond acceptors (Lipinski definition) is 3. The first kappa shape index (κ1) is 15.8. The minimum atomic E-state index is -0.579. The highest BCUT2D eigenvalue weighted by Crippen LogP contribution is 2.33. The Labute approximate surface area is 116 Å². The fourth-order valence-electron chi connectivity index (χ4n) is 1.51. The first-order valence-electron chi connectivity index (χ1n) is 6.66. The van der Waals surface area contributed by atoms with Gasteiger partial charge in [0, 0.05) is 0 Å². The maximum atomic E-state index is 9.96. The van der Waals surface area contributed by atoms with Gasteiger partial charge in [0.15, 0.2) is 11.5 Å². The SMILES string of the molecule is CC(C)(C)c1ccc(O)c(OCC(O)C(C)(C)C)c1. The number of aliphatic hydroxyl groups excluding tert-OH is 1. The van der Waals surface area contributed by atoms with Crippen LogP contribution in [0.25, 0.3) is 0 Å². The Hall–Kier alpha value is -1.22. The highest BCUT2D eigenvalue weighted by molar-refractivity contribution is 5.43. The second-order valence-corrected chi connectivity index (χ2v) is 7.13. The molecule has 0 saturated heterocycles. The van der Waals surface area contributed by atoms with Crippen molar-refractivity contribution in [1.29, 1.82) is 0 Å². The zero-order valence-corrected chi connectivity index (χ0v) is 12.8. The summed E-state index contributed by atoms with van der Waals surface area (Å²) >= 11 is 0. The Morgan fingerprint density at radius 3 is 2.16 bits per heavy atom. The van der Waals surface area contributed by atoms with Gasteiger partial charge in [0.2, 0.25) is 0 Å². The average molecular weight is 266 g/mol. The standard InChI is InChI=1S/C16H26O3/c1-15(2,3)11-7-8-12(17)13(9-11)19-10-14(18)16(4,5)6/h7-9,14,17-18H,10H2,1-6H3. The van der Waals surface area contributed by atoms with Gasteiger partial charge >= 0.3 is 0 Å². The van der Waals surface area contributed by atoms with E-state index in [0.717, 1.165) is 5.56 Å². The Morgan fingerprint density at radius 2 is 1.68 bits per heavy atom. The highest BCUT2D eigenvalue weighted by Gasteiger charge is 2.23. The van der Waals surface area contributed by atoms with Crippen molar-refractivity contribution in [1.82, 2.24) is 0 Å². The van der Waals surface area contributed by atoms with E-state index in [1.807, 2.05) is 32.9 Å². The third-order valence-corrected chi connectivity index (χ3v) is 3.22. The lowest BCUT2D eigenvalue weighted by Crippen LogP contribution is -2.32. The first-order valence-corrected chi connectivity index (χ1v) is 6.66. The topological polar surface area (TPSA) is 49.7 Å². The van der Waals surface area contributed by atoms with Crippen molar-refractivity contribution in [3.63, 3.8) is 0 Å². The summed E-state index contributed by atoms with van der Waals surface area (Å²) in [6.45, 7) is 12.3. The highest BCUT2D eigenvalue weighted by atomic mass is 16.5. The number of phenolic OH excluding ortho intramolecular Hbond substituents is 1. The smallest absolute Gasteiger partial charge is 0.161 e. The largest absolute Gasteiger partial charge is 0.504 e.